The van der Waals surface area contributed by atoms with Crippen molar-refractivity contribution in [2.45, 2.75) is 31.6 Å². The Morgan fingerprint density at radius 2 is 2.03 bits per heavy atom. The molecule has 1 aromatic carbocycles. The van der Waals surface area contributed by atoms with Crippen molar-refractivity contribution in [1.29, 1.82) is 0 Å². The number of hydrogen-bond donors (Lipinski definition) is 0. The molecule has 1 aliphatic heterocycles. The van der Waals surface area contributed by atoms with E-state index in [0.717, 1.165) is 22.1 Å². The number of hydrogen-bond acceptors (Lipinski definition) is 8. The van der Waals surface area contributed by atoms with Gasteiger partial charge in [0.15, 0.2) is 16.5 Å². The maximum atomic E-state index is 13.9. The normalized spacial score (nSPS) is 16.8. The summed E-state index contributed by atoms with van der Waals surface area (Å²) in [5.41, 5.74) is -0.895. The van der Waals surface area contributed by atoms with E-state index in [4.69, 9.17) is 16.3 Å². The van der Waals surface area contributed by atoms with Crippen LogP contribution in [0.5, 0.6) is 0 Å². The van der Waals surface area contributed by atoms with Gasteiger partial charge in [-0.1, -0.05) is 17.7 Å². The largest absolute Gasteiger partial charge is 0.456 e. The molecule has 2 unspecified atom stereocenters. The summed E-state index contributed by atoms with van der Waals surface area (Å²) in [4.78, 5) is 32.9. The molecule has 0 saturated carbocycles. The molecule has 0 bridgehead atoms. The molecule has 4 rings (SSSR count). The van der Waals surface area contributed by atoms with Gasteiger partial charge in [-0.15, -0.1) is 11.3 Å². The molecule has 16 heteroatoms. The monoisotopic (exact) mass is 607 g/mol. The van der Waals surface area contributed by atoms with E-state index in [1.807, 2.05) is 0 Å². The van der Waals surface area contributed by atoms with Crippen LogP contribution in [0, 0.1) is 12.7 Å². The van der Waals surface area contributed by atoms with Crippen molar-refractivity contribution >= 4 is 50.7 Å². The van der Waals surface area contributed by atoms with Gasteiger partial charge in [-0.3, -0.25) is 13.7 Å². The molecule has 0 N–H and O–H groups in total. The number of ether oxygens (including phenoxy) is 1. The van der Waals surface area contributed by atoms with Crippen molar-refractivity contribution in [2.24, 2.45) is 0 Å². The minimum atomic E-state index is -4.64. The lowest BCUT2D eigenvalue weighted by Crippen LogP contribution is -2.57. The molecule has 0 radical (unpaired) electrons. The van der Waals surface area contributed by atoms with Crippen LogP contribution >= 0.6 is 22.9 Å². The van der Waals surface area contributed by atoms with Gasteiger partial charge in [0.1, 0.15) is 24.3 Å². The number of alkyl halides is 3. The lowest BCUT2D eigenvalue weighted by atomic mass is 10.2. The van der Waals surface area contributed by atoms with E-state index in [-0.39, 0.29) is 48.2 Å². The lowest BCUT2D eigenvalue weighted by molar-refractivity contribution is -0.142. The minimum absolute atomic E-state index is 0.00948. The Morgan fingerprint density at radius 1 is 1.28 bits per heavy atom. The summed E-state index contributed by atoms with van der Waals surface area (Å²) in [5.74, 6) is -1.91. The predicted molar refractivity (Wildman–Crippen MR) is 136 cm³/mol. The third-order valence-corrected chi connectivity index (χ3v) is 8.40. The summed E-state index contributed by atoms with van der Waals surface area (Å²) in [6, 6.07) is 4.96. The Morgan fingerprint density at radius 3 is 2.67 bits per heavy atom. The first kappa shape index (κ1) is 29.0. The second-order valence-corrected chi connectivity index (χ2v) is 11.4. The van der Waals surface area contributed by atoms with Crippen molar-refractivity contribution in [1.82, 2.24) is 19.7 Å². The molecule has 1 fully saturated rings. The molecular weight excluding hydrogens is 586 g/mol. The first-order valence-corrected chi connectivity index (χ1v) is 14.3. The van der Waals surface area contributed by atoms with Crippen molar-refractivity contribution in [2.75, 3.05) is 30.8 Å². The number of nitrogens with zero attached hydrogens (tertiary/aromatic N) is 5. The highest BCUT2D eigenvalue weighted by molar-refractivity contribution is 7.84. The molecule has 1 amide bonds. The number of aryl methyl sites for hydroxylation is 1. The number of carbonyl (C=O) groups is 2. The van der Waals surface area contributed by atoms with Crippen LogP contribution in [0.2, 0.25) is 5.02 Å². The van der Waals surface area contributed by atoms with E-state index >= 15 is 0 Å². The van der Waals surface area contributed by atoms with Gasteiger partial charge in [0, 0.05) is 46.8 Å². The van der Waals surface area contributed by atoms with E-state index in [1.165, 1.54) is 41.7 Å². The first-order chi connectivity index (χ1) is 18.3. The fourth-order valence-electron chi connectivity index (χ4n) is 3.91. The number of rotatable bonds is 7. The summed E-state index contributed by atoms with van der Waals surface area (Å²) >= 11 is 7.09. The van der Waals surface area contributed by atoms with E-state index in [0.29, 0.717) is 5.13 Å². The Balaban J connectivity index is 1.41. The van der Waals surface area contributed by atoms with Crippen LogP contribution < -0.4 is 4.90 Å². The topological polar surface area (TPSA) is 97.6 Å². The Bertz CT molecular complexity index is 1390. The summed E-state index contributed by atoms with van der Waals surface area (Å²) < 4.78 is 71.5. The molecule has 39 heavy (non-hydrogen) atoms. The van der Waals surface area contributed by atoms with Crippen LogP contribution in [0.1, 0.15) is 27.4 Å². The molecule has 210 valence electrons. The fraction of sp³-hybridized carbons (Fsp3) is 0.391. The van der Waals surface area contributed by atoms with Gasteiger partial charge in [-0.25, -0.2) is 14.2 Å². The Hall–Kier alpha value is -3.04. The highest BCUT2D eigenvalue weighted by Gasteiger charge is 2.37. The second kappa shape index (κ2) is 11.6. The van der Waals surface area contributed by atoms with Gasteiger partial charge in [0.2, 0.25) is 5.91 Å². The van der Waals surface area contributed by atoms with Crippen molar-refractivity contribution in [3.05, 3.63) is 63.1 Å². The van der Waals surface area contributed by atoms with Crippen LogP contribution in [0.25, 0.3) is 0 Å². The third kappa shape index (κ3) is 6.58. The number of thiazole rings is 1. The maximum absolute atomic E-state index is 13.9. The van der Waals surface area contributed by atoms with Gasteiger partial charge >= 0.3 is 12.1 Å². The number of halogens is 5. The van der Waals surface area contributed by atoms with Crippen molar-refractivity contribution in [3.8, 4) is 0 Å². The van der Waals surface area contributed by atoms with E-state index in [1.54, 1.807) is 4.90 Å². The van der Waals surface area contributed by atoms with Crippen LogP contribution in [-0.2, 0) is 39.7 Å². The number of anilines is 1. The van der Waals surface area contributed by atoms with Gasteiger partial charge in [-0.05, 0) is 25.1 Å². The standard InChI is InChI=1S/C23H22ClF4N5O4S2/c1-13-8-18(23(26,27)28)30-33(13)9-19(34)32-7-6-31(10-20(32)39(2)36)22-29-17(12-38-22)21(35)37-11-14-15(24)4-3-5-16(14)25/h3-5,8,12,20H,6-7,9-11H2,1-2H3. The number of benzene rings is 1. The summed E-state index contributed by atoms with van der Waals surface area (Å²) in [7, 11) is -1.51. The van der Waals surface area contributed by atoms with Crippen molar-refractivity contribution in [3.63, 3.8) is 0 Å². The van der Waals surface area contributed by atoms with Crippen LogP contribution in [-0.4, -0.2) is 67.0 Å². The number of esters is 1. The molecule has 1 saturated heterocycles. The Labute approximate surface area is 231 Å². The molecule has 0 aliphatic carbocycles. The fourth-order valence-corrected chi connectivity index (χ4v) is 5.93. The average Bonchev–Trinajstić information content (AvgIpc) is 3.50. The summed E-state index contributed by atoms with van der Waals surface area (Å²) in [5, 5.41) is 4.73. The average molecular weight is 608 g/mol. The highest BCUT2D eigenvalue weighted by atomic mass is 35.5. The molecule has 9 nitrogen and oxygen atoms in total. The number of amides is 1. The van der Waals surface area contributed by atoms with Crippen LogP contribution in [0.4, 0.5) is 22.7 Å². The zero-order chi connectivity index (χ0) is 28.5. The molecule has 2 aromatic heterocycles. The van der Waals surface area contributed by atoms with Gasteiger partial charge < -0.3 is 14.5 Å². The second-order valence-electron chi connectivity index (χ2n) is 8.60. The summed E-state index contributed by atoms with van der Waals surface area (Å²) in [6.45, 7) is 1.12. The lowest BCUT2D eigenvalue weighted by Gasteiger charge is -2.40. The number of aromatic nitrogens is 3. The van der Waals surface area contributed by atoms with E-state index in [2.05, 4.69) is 10.1 Å². The zero-order valence-electron chi connectivity index (χ0n) is 20.6. The Kier molecular flexibility index (Phi) is 8.61. The SMILES string of the molecule is Cc1cc(C(F)(F)F)nn1CC(=O)N1CCN(c2nc(C(=O)OCc3c(F)cccc3Cl)cs2)CC1S(C)=O. The molecule has 2 atom stereocenters. The molecular formula is C23H22ClF4N5O4S2. The van der Waals surface area contributed by atoms with E-state index in [9.17, 15) is 31.4 Å². The predicted octanol–water partition coefficient (Wildman–Crippen LogP) is 3.87. The van der Waals surface area contributed by atoms with Crippen molar-refractivity contribution < 1.29 is 36.1 Å². The molecule has 0 spiro atoms. The van der Waals surface area contributed by atoms with Crippen LogP contribution in [0.3, 0.4) is 0 Å². The van der Waals surface area contributed by atoms with Gasteiger partial charge in [-0.2, -0.15) is 18.3 Å². The van der Waals surface area contributed by atoms with E-state index < -0.39 is 52.3 Å². The molecule has 1 aliphatic rings. The van der Waals surface area contributed by atoms with Crippen LogP contribution in [0.15, 0.2) is 29.6 Å². The number of carbonyl (C=O) groups excluding carboxylic acids is 2. The van der Waals surface area contributed by atoms with Gasteiger partial charge in [0.25, 0.3) is 0 Å². The summed E-state index contributed by atoms with van der Waals surface area (Å²) in [6.07, 6.45) is -3.21. The smallest absolute Gasteiger partial charge is 0.435 e. The minimum Gasteiger partial charge on any atom is -0.456 e. The quantitative estimate of drug-likeness (QED) is 0.297. The molecule has 3 heterocycles. The third-order valence-electron chi connectivity index (χ3n) is 5.98. The number of piperazine rings is 1. The van der Waals surface area contributed by atoms with Gasteiger partial charge in [0.05, 0.1) is 11.6 Å². The highest BCUT2D eigenvalue weighted by Crippen LogP contribution is 2.29. The maximum Gasteiger partial charge on any atom is 0.435 e. The first-order valence-electron chi connectivity index (χ1n) is 11.4. The zero-order valence-corrected chi connectivity index (χ0v) is 23.0. The molecule has 3 aromatic rings.